The Morgan fingerprint density at radius 1 is 1.67 bits per heavy atom. The molecule has 3 N–H and O–H groups in total. The number of aliphatic imine (C=N–C) groups is 1. The molecule has 12 heavy (non-hydrogen) atoms. The first-order valence-corrected chi connectivity index (χ1v) is 3.45. The smallest absolute Gasteiger partial charge is 0.265 e. The molecule has 0 saturated heterocycles. The van der Waals surface area contributed by atoms with Crippen molar-refractivity contribution in [3.8, 4) is 0 Å². The Morgan fingerprint density at radius 3 is 2.67 bits per heavy atom. The molecule has 0 rings (SSSR count). The predicted molar refractivity (Wildman–Crippen MR) is 49.6 cm³/mol. The third kappa shape index (κ3) is 4.27. The molecule has 66 valence electrons. The van der Waals surface area contributed by atoms with E-state index in [-0.39, 0.29) is 5.91 Å². The van der Waals surface area contributed by atoms with E-state index in [1.807, 2.05) is 0 Å². The van der Waals surface area contributed by atoms with E-state index in [1.165, 1.54) is 12.3 Å². The molecule has 4 heteroatoms. The number of nitrogens with zero attached hydrogens (tertiary/aromatic N) is 1. The molecule has 0 spiro atoms. The highest BCUT2D eigenvalue weighted by Crippen LogP contribution is 1.84. The van der Waals surface area contributed by atoms with Gasteiger partial charge in [-0.2, -0.15) is 0 Å². The Labute approximate surface area is 71.9 Å². The highest BCUT2D eigenvalue weighted by atomic mass is 16.1. The quantitative estimate of drug-likeness (QED) is 0.465. The van der Waals surface area contributed by atoms with Crippen LogP contribution in [0.5, 0.6) is 0 Å². The van der Waals surface area contributed by atoms with Crippen LogP contribution in [0, 0.1) is 0 Å². The number of carbonyl (C=O) groups excluding carboxylic acids is 1. The predicted octanol–water partition coefficient (Wildman–Crippen LogP) is 0.179. The standard InChI is InChI=1S/C8H13N3O/c1-6(9)4-5-11-7(2)8(12)10-3/h4-5H,1,9H2,2-3H3,(H,10,12)/b5-4-,11-7?. The van der Waals surface area contributed by atoms with Crippen molar-refractivity contribution >= 4 is 11.6 Å². The van der Waals surface area contributed by atoms with Crippen LogP contribution in [0.25, 0.3) is 0 Å². The molecule has 0 saturated carbocycles. The summed E-state index contributed by atoms with van der Waals surface area (Å²) in [6.07, 6.45) is 2.96. The van der Waals surface area contributed by atoms with Crippen molar-refractivity contribution < 1.29 is 4.79 Å². The molecule has 0 aromatic heterocycles. The van der Waals surface area contributed by atoms with Crippen molar-refractivity contribution in [2.24, 2.45) is 10.7 Å². The number of hydrogen-bond donors (Lipinski definition) is 2. The van der Waals surface area contributed by atoms with Gasteiger partial charge in [0.2, 0.25) is 0 Å². The Kier molecular flexibility index (Phi) is 4.45. The summed E-state index contributed by atoms with van der Waals surface area (Å²) in [5, 5.41) is 2.45. The third-order valence-corrected chi connectivity index (χ3v) is 1.11. The lowest BCUT2D eigenvalue weighted by Gasteiger charge is -1.94. The molecular weight excluding hydrogens is 154 g/mol. The topological polar surface area (TPSA) is 67.5 Å². The monoisotopic (exact) mass is 167 g/mol. The lowest BCUT2D eigenvalue weighted by Crippen LogP contribution is -2.24. The van der Waals surface area contributed by atoms with Crippen molar-refractivity contribution in [2.75, 3.05) is 7.05 Å². The molecule has 0 radical (unpaired) electrons. The average Bonchev–Trinajstić information content (AvgIpc) is 2.02. The first kappa shape index (κ1) is 10.4. The van der Waals surface area contributed by atoms with Crippen LogP contribution in [0.1, 0.15) is 6.92 Å². The zero-order valence-corrected chi connectivity index (χ0v) is 7.29. The summed E-state index contributed by atoms with van der Waals surface area (Å²) < 4.78 is 0. The van der Waals surface area contributed by atoms with E-state index in [0.29, 0.717) is 11.4 Å². The number of allylic oxidation sites excluding steroid dienone is 1. The van der Waals surface area contributed by atoms with E-state index in [9.17, 15) is 4.79 Å². The molecule has 0 aromatic carbocycles. The minimum atomic E-state index is -0.206. The maximum Gasteiger partial charge on any atom is 0.265 e. The fraction of sp³-hybridized carbons (Fsp3) is 0.250. The first-order valence-electron chi connectivity index (χ1n) is 3.45. The highest BCUT2D eigenvalue weighted by molar-refractivity contribution is 6.37. The van der Waals surface area contributed by atoms with Crippen LogP contribution >= 0.6 is 0 Å². The molecule has 0 unspecified atom stereocenters. The Hall–Kier alpha value is -1.58. The number of amides is 1. The molecule has 0 aliphatic rings. The van der Waals surface area contributed by atoms with E-state index in [4.69, 9.17) is 5.73 Å². The van der Waals surface area contributed by atoms with Gasteiger partial charge in [0.25, 0.3) is 5.91 Å². The molecule has 0 bridgehead atoms. The summed E-state index contributed by atoms with van der Waals surface area (Å²) in [5.41, 5.74) is 6.03. The lowest BCUT2D eigenvalue weighted by molar-refractivity contribution is -0.114. The van der Waals surface area contributed by atoms with Crippen LogP contribution in [0.4, 0.5) is 0 Å². The highest BCUT2D eigenvalue weighted by Gasteiger charge is 1.98. The minimum Gasteiger partial charge on any atom is -0.399 e. The van der Waals surface area contributed by atoms with Crippen molar-refractivity contribution in [2.45, 2.75) is 6.92 Å². The van der Waals surface area contributed by atoms with Gasteiger partial charge in [-0.15, -0.1) is 0 Å². The summed E-state index contributed by atoms with van der Waals surface area (Å²) in [5.74, 6) is -0.206. The van der Waals surface area contributed by atoms with Crippen molar-refractivity contribution in [3.05, 3.63) is 24.6 Å². The van der Waals surface area contributed by atoms with Crippen LogP contribution in [-0.2, 0) is 4.79 Å². The van der Waals surface area contributed by atoms with Crippen molar-refractivity contribution in [1.82, 2.24) is 5.32 Å². The number of carbonyl (C=O) groups is 1. The maximum absolute atomic E-state index is 10.9. The summed E-state index contributed by atoms with van der Waals surface area (Å²) >= 11 is 0. The van der Waals surface area contributed by atoms with Crippen LogP contribution in [0.2, 0.25) is 0 Å². The molecule has 0 atom stereocenters. The molecule has 0 fully saturated rings. The van der Waals surface area contributed by atoms with Gasteiger partial charge in [0.15, 0.2) is 0 Å². The van der Waals surface area contributed by atoms with Gasteiger partial charge in [-0.25, -0.2) is 0 Å². The second-order valence-corrected chi connectivity index (χ2v) is 2.18. The molecule has 0 aliphatic heterocycles. The van der Waals surface area contributed by atoms with E-state index in [0.717, 1.165) is 0 Å². The summed E-state index contributed by atoms with van der Waals surface area (Å²) in [6.45, 7) is 5.05. The SMILES string of the molecule is C=C(N)/C=C\N=C(C)C(=O)NC. The van der Waals surface area contributed by atoms with E-state index < -0.39 is 0 Å². The third-order valence-electron chi connectivity index (χ3n) is 1.11. The fourth-order valence-corrected chi connectivity index (χ4v) is 0.484. The Balaban J connectivity index is 4.18. The lowest BCUT2D eigenvalue weighted by atomic mass is 10.4. The fourth-order valence-electron chi connectivity index (χ4n) is 0.484. The first-order chi connectivity index (χ1) is 5.57. The molecule has 0 heterocycles. The van der Waals surface area contributed by atoms with Gasteiger partial charge in [-0.05, 0) is 13.0 Å². The van der Waals surface area contributed by atoms with Gasteiger partial charge in [0, 0.05) is 18.9 Å². The van der Waals surface area contributed by atoms with E-state index in [1.54, 1.807) is 14.0 Å². The van der Waals surface area contributed by atoms with E-state index in [2.05, 4.69) is 16.9 Å². The van der Waals surface area contributed by atoms with Gasteiger partial charge in [-0.3, -0.25) is 9.79 Å². The van der Waals surface area contributed by atoms with Gasteiger partial charge >= 0.3 is 0 Å². The second kappa shape index (κ2) is 5.12. The van der Waals surface area contributed by atoms with Crippen LogP contribution in [0.3, 0.4) is 0 Å². The molecule has 0 aromatic rings. The summed E-state index contributed by atoms with van der Waals surface area (Å²) in [7, 11) is 1.55. The van der Waals surface area contributed by atoms with Gasteiger partial charge < -0.3 is 11.1 Å². The van der Waals surface area contributed by atoms with Crippen LogP contribution in [0.15, 0.2) is 29.5 Å². The molecule has 0 aliphatic carbocycles. The van der Waals surface area contributed by atoms with Crippen molar-refractivity contribution in [1.29, 1.82) is 0 Å². The van der Waals surface area contributed by atoms with Crippen molar-refractivity contribution in [3.63, 3.8) is 0 Å². The minimum absolute atomic E-state index is 0.206. The summed E-state index contributed by atoms with van der Waals surface area (Å²) in [6, 6.07) is 0. The average molecular weight is 167 g/mol. The number of nitrogens with two attached hydrogens (primary N) is 1. The largest absolute Gasteiger partial charge is 0.399 e. The second-order valence-electron chi connectivity index (χ2n) is 2.18. The Morgan fingerprint density at radius 2 is 2.25 bits per heavy atom. The van der Waals surface area contributed by atoms with E-state index >= 15 is 0 Å². The number of hydrogen-bond acceptors (Lipinski definition) is 3. The number of nitrogens with one attached hydrogen (secondary N) is 1. The van der Waals surface area contributed by atoms with Gasteiger partial charge in [-0.1, -0.05) is 6.58 Å². The normalized spacial score (nSPS) is 11.7. The summed E-state index contributed by atoms with van der Waals surface area (Å²) in [4.78, 5) is 14.7. The van der Waals surface area contributed by atoms with Gasteiger partial charge in [0.05, 0.1) is 0 Å². The van der Waals surface area contributed by atoms with Crippen LogP contribution in [-0.4, -0.2) is 18.7 Å². The molecule has 4 nitrogen and oxygen atoms in total. The zero-order chi connectivity index (χ0) is 9.56. The Bertz CT molecular complexity index is 241. The molecule has 1 amide bonds. The number of rotatable bonds is 3. The van der Waals surface area contributed by atoms with Crippen LogP contribution < -0.4 is 11.1 Å². The maximum atomic E-state index is 10.9. The van der Waals surface area contributed by atoms with Gasteiger partial charge in [0.1, 0.15) is 5.71 Å². The molecular formula is C8H13N3O. The zero-order valence-electron chi connectivity index (χ0n) is 7.29.